The second-order valence-corrected chi connectivity index (χ2v) is 6.59. The highest BCUT2D eigenvalue weighted by atomic mass is 127. The number of ether oxygens (including phenoxy) is 1. The van der Waals surface area contributed by atoms with Gasteiger partial charge in [-0.25, -0.2) is 0 Å². The van der Waals surface area contributed by atoms with Crippen molar-refractivity contribution in [1.82, 2.24) is 20.4 Å². The third-order valence-corrected chi connectivity index (χ3v) is 4.50. The van der Waals surface area contributed by atoms with Crippen LogP contribution in [0.25, 0.3) is 0 Å². The van der Waals surface area contributed by atoms with Crippen LogP contribution in [0.15, 0.2) is 4.99 Å². The van der Waals surface area contributed by atoms with Crippen LogP contribution in [0.2, 0.25) is 0 Å². The predicted molar refractivity (Wildman–Crippen MR) is 109 cm³/mol. The zero-order valence-corrected chi connectivity index (χ0v) is 18.0. The van der Waals surface area contributed by atoms with E-state index in [1.807, 2.05) is 0 Å². The van der Waals surface area contributed by atoms with Crippen molar-refractivity contribution in [2.24, 2.45) is 4.99 Å². The Bertz CT molecular complexity index is 343. The molecule has 1 heterocycles. The molecule has 1 saturated heterocycles. The first-order valence-corrected chi connectivity index (χ1v) is 8.38. The highest BCUT2D eigenvalue weighted by molar-refractivity contribution is 14.0. The van der Waals surface area contributed by atoms with Crippen LogP contribution >= 0.6 is 24.0 Å². The number of nitrogens with one attached hydrogen (secondary N) is 2. The highest BCUT2D eigenvalue weighted by Crippen LogP contribution is 2.06. The number of guanidine groups is 1. The van der Waals surface area contributed by atoms with E-state index in [4.69, 9.17) is 4.74 Å². The molecule has 2 N–H and O–H groups in total. The van der Waals surface area contributed by atoms with Crippen LogP contribution in [0.3, 0.4) is 0 Å². The second-order valence-electron chi connectivity index (χ2n) is 6.59. The molecule has 0 aromatic carbocycles. The van der Waals surface area contributed by atoms with Crippen molar-refractivity contribution in [3.8, 4) is 0 Å². The van der Waals surface area contributed by atoms with Gasteiger partial charge in [-0.2, -0.15) is 0 Å². The van der Waals surface area contributed by atoms with Gasteiger partial charge in [0.05, 0.1) is 5.60 Å². The van der Waals surface area contributed by atoms with Gasteiger partial charge in [-0.15, -0.1) is 24.0 Å². The maximum absolute atomic E-state index is 5.42. The number of methoxy groups -OCH3 is 1. The molecule has 0 aliphatic carbocycles. The molecule has 0 aromatic rings. The van der Waals surface area contributed by atoms with E-state index in [1.165, 1.54) is 13.1 Å². The number of halogens is 1. The van der Waals surface area contributed by atoms with Gasteiger partial charge in [0.15, 0.2) is 5.96 Å². The summed E-state index contributed by atoms with van der Waals surface area (Å²) < 4.78 is 5.42. The van der Waals surface area contributed by atoms with Crippen LogP contribution in [0, 0.1) is 0 Å². The monoisotopic (exact) mass is 441 g/mol. The smallest absolute Gasteiger partial charge is 0.191 e. The molecular weight excluding hydrogens is 405 g/mol. The number of likely N-dealkylation sites (N-methyl/N-ethyl adjacent to an activating group) is 1. The number of hydrogen-bond donors (Lipinski definition) is 2. The lowest BCUT2D eigenvalue weighted by atomic mass is 10.1. The summed E-state index contributed by atoms with van der Waals surface area (Å²) in [4.78, 5) is 9.33. The van der Waals surface area contributed by atoms with E-state index in [2.05, 4.69) is 53.1 Å². The summed E-state index contributed by atoms with van der Waals surface area (Å²) in [5.41, 5.74) is -0.195. The number of nitrogens with zero attached hydrogens (tertiary/aromatic N) is 3. The Labute approximate surface area is 159 Å². The summed E-state index contributed by atoms with van der Waals surface area (Å²) in [6.07, 6.45) is 0. The van der Waals surface area contributed by atoms with Gasteiger partial charge in [0.25, 0.3) is 0 Å². The topological polar surface area (TPSA) is 52.1 Å². The third kappa shape index (κ3) is 8.51. The Balaban J connectivity index is 0.00000484. The molecule has 23 heavy (non-hydrogen) atoms. The summed E-state index contributed by atoms with van der Waals surface area (Å²) in [7, 11) is 3.54. The minimum absolute atomic E-state index is 0. The summed E-state index contributed by atoms with van der Waals surface area (Å²) in [6.45, 7) is 16.1. The molecule has 0 spiro atoms. The molecule has 1 unspecified atom stereocenters. The second kappa shape index (κ2) is 11.4. The molecule has 1 fully saturated rings. The lowest BCUT2D eigenvalue weighted by Gasteiger charge is -2.37. The van der Waals surface area contributed by atoms with Crippen molar-refractivity contribution < 1.29 is 4.74 Å². The van der Waals surface area contributed by atoms with Crippen molar-refractivity contribution in [3.05, 3.63) is 0 Å². The van der Waals surface area contributed by atoms with Gasteiger partial charge in [0.2, 0.25) is 0 Å². The van der Waals surface area contributed by atoms with Gasteiger partial charge in [-0.1, -0.05) is 6.92 Å². The SMILES string of the molecule is CCN1CCN(C(C)CNC(=NC)NCC(C)(C)OC)CC1.I. The van der Waals surface area contributed by atoms with Crippen molar-refractivity contribution in [2.75, 3.05) is 60.0 Å². The Morgan fingerprint density at radius 2 is 1.83 bits per heavy atom. The molecule has 0 saturated carbocycles. The fourth-order valence-electron chi connectivity index (χ4n) is 2.48. The first kappa shape index (κ1) is 22.9. The Morgan fingerprint density at radius 3 is 2.30 bits per heavy atom. The highest BCUT2D eigenvalue weighted by Gasteiger charge is 2.21. The van der Waals surface area contributed by atoms with Crippen LogP contribution in [-0.4, -0.2) is 87.4 Å². The average molecular weight is 441 g/mol. The summed E-state index contributed by atoms with van der Waals surface area (Å²) >= 11 is 0. The van der Waals surface area contributed by atoms with Crippen molar-refractivity contribution in [1.29, 1.82) is 0 Å². The standard InChI is InChI=1S/C16H35N5O.HI/c1-7-20-8-10-21(11-9-20)14(2)12-18-15(17-5)19-13-16(3,4)22-6;/h14H,7-13H2,1-6H3,(H2,17,18,19);1H. The number of aliphatic imine (C=N–C) groups is 1. The average Bonchev–Trinajstić information content (AvgIpc) is 2.54. The molecule has 0 aromatic heterocycles. The predicted octanol–water partition coefficient (Wildman–Crippen LogP) is 1.22. The Kier molecular flexibility index (Phi) is 11.4. The lowest BCUT2D eigenvalue weighted by Crippen LogP contribution is -2.53. The van der Waals surface area contributed by atoms with Crippen LogP contribution in [0.4, 0.5) is 0 Å². The van der Waals surface area contributed by atoms with E-state index in [-0.39, 0.29) is 29.6 Å². The fraction of sp³-hybridized carbons (Fsp3) is 0.938. The van der Waals surface area contributed by atoms with Gasteiger partial charge in [-0.05, 0) is 27.3 Å². The van der Waals surface area contributed by atoms with Crippen LogP contribution in [0.5, 0.6) is 0 Å². The quantitative estimate of drug-likeness (QED) is 0.354. The normalized spacial score (nSPS) is 19.1. The molecule has 0 amide bonds. The van der Waals surface area contributed by atoms with E-state index in [9.17, 15) is 0 Å². The zero-order valence-electron chi connectivity index (χ0n) is 15.7. The third-order valence-electron chi connectivity index (χ3n) is 4.50. The van der Waals surface area contributed by atoms with Gasteiger partial charge < -0.3 is 20.3 Å². The number of hydrogen-bond acceptors (Lipinski definition) is 4. The van der Waals surface area contributed by atoms with E-state index >= 15 is 0 Å². The van der Waals surface area contributed by atoms with Gasteiger partial charge in [-0.3, -0.25) is 9.89 Å². The van der Waals surface area contributed by atoms with Gasteiger partial charge in [0, 0.05) is 59.5 Å². The minimum Gasteiger partial charge on any atom is -0.377 e. The molecular formula is C16H36IN5O. The molecule has 1 rings (SSSR count). The molecule has 1 aliphatic heterocycles. The van der Waals surface area contributed by atoms with E-state index < -0.39 is 0 Å². The fourth-order valence-corrected chi connectivity index (χ4v) is 2.48. The van der Waals surface area contributed by atoms with Gasteiger partial charge in [0.1, 0.15) is 0 Å². The maximum atomic E-state index is 5.42. The molecule has 6 nitrogen and oxygen atoms in total. The molecule has 1 aliphatic rings. The van der Waals surface area contributed by atoms with E-state index in [1.54, 1.807) is 14.2 Å². The van der Waals surface area contributed by atoms with Crippen LogP contribution in [-0.2, 0) is 4.74 Å². The summed E-state index contributed by atoms with van der Waals surface area (Å²) in [5, 5.41) is 6.74. The van der Waals surface area contributed by atoms with E-state index in [0.29, 0.717) is 6.04 Å². The molecule has 7 heteroatoms. The molecule has 1 atom stereocenters. The van der Waals surface area contributed by atoms with Crippen LogP contribution in [0.1, 0.15) is 27.7 Å². The van der Waals surface area contributed by atoms with Crippen molar-refractivity contribution >= 4 is 29.9 Å². The molecule has 0 radical (unpaired) electrons. The Hall–Kier alpha value is -0.120. The van der Waals surface area contributed by atoms with Crippen molar-refractivity contribution in [2.45, 2.75) is 39.3 Å². The first-order valence-electron chi connectivity index (χ1n) is 8.38. The molecule has 138 valence electrons. The van der Waals surface area contributed by atoms with Crippen molar-refractivity contribution in [3.63, 3.8) is 0 Å². The summed E-state index contributed by atoms with van der Waals surface area (Å²) in [6, 6.07) is 0.507. The van der Waals surface area contributed by atoms with Gasteiger partial charge >= 0.3 is 0 Å². The van der Waals surface area contributed by atoms with Crippen LogP contribution < -0.4 is 10.6 Å². The number of piperazine rings is 1. The molecule has 0 bridgehead atoms. The first-order chi connectivity index (χ1) is 10.4. The van der Waals surface area contributed by atoms with E-state index in [0.717, 1.165) is 38.7 Å². The minimum atomic E-state index is -0.195. The number of rotatable bonds is 7. The zero-order chi connectivity index (χ0) is 16.6. The largest absolute Gasteiger partial charge is 0.377 e. The summed E-state index contributed by atoms with van der Waals surface area (Å²) in [5.74, 6) is 0.837. The maximum Gasteiger partial charge on any atom is 0.191 e. The lowest BCUT2D eigenvalue weighted by molar-refractivity contribution is 0.0268. The Morgan fingerprint density at radius 1 is 1.22 bits per heavy atom.